The van der Waals surface area contributed by atoms with Crippen molar-refractivity contribution in [3.63, 3.8) is 0 Å². The van der Waals surface area contributed by atoms with Crippen molar-refractivity contribution in [3.8, 4) is 0 Å². The first-order valence-corrected chi connectivity index (χ1v) is 7.89. The highest BCUT2D eigenvalue weighted by molar-refractivity contribution is 4.94. The van der Waals surface area contributed by atoms with Crippen LogP contribution >= 0.6 is 0 Å². The molecule has 18 heavy (non-hydrogen) atoms. The molecule has 1 spiro atoms. The monoisotopic (exact) mass is 252 g/mol. The van der Waals surface area contributed by atoms with Crippen LogP contribution in [-0.2, 0) is 4.74 Å². The highest BCUT2D eigenvalue weighted by atomic mass is 16.5. The van der Waals surface area contributed by atoms with E-state index >= 15 is 0 Å². The first-order chi connectivity index (χ1) is 8.77. The van der Waals surface area contributed by atoms with Crippen LogP contribution in [0.25, 0.3) is 0 Å². The fourth-order valence-electron chi connectivity index (χ4n) is 4.15. The summed E-state index contributed by atoms with van der Waals surface area (Å²) >= 11 is 0. The smallest absolute Gasteiger partial charge is 0.0697 e. The summed E-state index contributed by atoms with van der Waals surface area (Å²) in [5.41, 5.74) is 0.259. The molecule has 1 aliphatic carbocycles. The van der Waals surface area contributed by atoms with E-state index in [0.29, 0.717) is 6.04 Å². The van der Waals surface area contributed by atoms with Crippen LogP contribution < -0.4 is 5.32 Å². The lowest BCUT2D eigenvalue weighted by atomic mass is 9.78. The van der Waals surface area contributed by atoms with Crippen LogP contribution in [0.5, 0.6) is 0 Å². The van der Waals surface area contributed by atoms with Gasteiger partial charge < -0.3 is 10.1 Å². The van der Waals surface area contributed by atoms with Gasteiger partial charge in [-0.1, -0.05) is 19.3 Å². The van der Waals surface area contributed by atoms with Crippen molar-refractivity contribution in [3.05, 3.63) is 0 Å². The van der Waals surface area contributed by atoms with E-state index in [1.165, 1.54) is 58.0 Å². The Morgan fingerprint density at radius 2 is 2.06 bits per heavy atom. The highest BCUT2D eigenvalue weighted by Crippen LogP contribution is 2.39. The lowest BCUT2D eigenvalue weighted by Gasteiger charge is -2.48. The van der Waals surface area contributed by atoms with Crippen LogP contribution in [-0.4, -0.2) is 48.8 Å². The maximum absolute atomic E-state index is 6.21. The van der Waals surface area contributed by atoms with Crippen molar-refractivity contribution < 1.29 is 4.74 Å². The topological polar surface area (TPSA) is 24.5 Å². The Morgan fingerprint density at radius 3 is 2.83 bits per heavy atom. The van der Waals surface area contributed by atoms with Gasteiger partial charge in [0.25, 0.3) is 0 Å². The molecule has 3 aliphatic rings. The maximum Gasteiger partial charge on any atom is 0.0697 e. The van der Waals surface area contributed by atoms with Gasteiger partial charge in [-0.3, -0.25) is 4.90 Å². The van der Waals surface area contributed by atoms with Gasteiger partial charge >= 0.3 is 0 Å². The SMILES string of the molecule is C[C@@H]1CN(C2CCOC3(CCCCC3)C2)CCN1. The minimum absolute atomic E-state index is 0.259. The molecule has 0 bridgehead atoms. The third-order valence-electron chi connectivity index (χ3n) is 5.15. The van der Waals surface area contributed by atoms with E-state index in [0.717, 1.165) is 19.2 Å². The number of nitrogens with zero attached hydrogens (tertiary/aromatic N) is 1. The third kappa shape index (κ3) is 2.73. The average Bonchev–Trinajstić information content (AvgIpc) is 2.40. The van der Waals surface area contributed by atoms with Gasteiger partial charge in [-0.2, -0.15) is 0 Å². The first-order valence-electron chi connectivity index (χ1n) is 7.89. The largest absolute Gasteiger partial charge is 0.375 e. The van der Waals surface area contributed by atoms with Crippen molar-refractivity contribution in [2.24, 2.45) is 0 Å². The second-order valence-electron chi connectivity index (χ2n) is 6.59. The van der Waals surface area contributed by atoms with Gasteiger partial charge in [0.15, 0.2) is 0 Å². The van der Waals surface area contributed by atoms with Crippen molar-refractivity contribution in [1.29, 1.82) is 0 Å². The van der Waals surface area contributed by atoms with E-state index in [4.69, 9.17) is 4.74 Å². The standard InChI is InChI=1S/C15H28N2O/c1-13-12-17(9-8-16-13)14-5-10-18-15(11-14)6-3-2-4-7-15/h13-14,16H,2-12H2,1H3/t13-,14?/m1/s1. The number of piperazine rings is 1. The normalized spacial score (nSPS) is 37.8. The summed E-state index contributed by atoms with van der Waals surface area (Å²) in [6.07, 6.45) is 9.33. The number of rotatable bonds is 1. The number of nitrogens with one attached hydrogen (secondary N) is 1. The number of ether oxygens (including phenoxy) is 1. The molecule has 3 nitrogen and oxygen atoms in total. The summed E-state index contributed by atoms with van der Waals surface area (Å²) < 4.78 is 6.21. The molecule has 2 atom stereocenters. The van der Waals surface area contributed by atoms with E-state index in [9.17, 15) is 0 Å². The fourth-order valence-corrected chi connectivity index (χ4v) is 4.15. The quantitative estimate of drug-likeness (QED) is 0.774. The molecule has 0 radical (unpaired) electrons. The Hall–Kier alpha value is -0.120. The molecular weight excluding hydrogens is 224 g/mol. The van der Waals surface area contributed by atoms with E-state index in [-0.39, 0.29) is 5.60 Å². The van der Waals surface area contributed by atoms with Gasteiger partial charge in [-0.05, 0) is 32.6 Å². The Labute approximate surface area is 111 Å². The molecule has 2 saturated heterocycles. The minimum Gasteiger partial charge on any atom is -0.375 e. The number of hydrogen-bond acceptors (Lipinski definition) is 3. The van der Waals surface area contributed by atoms with Crippen LogP contribution in [0.4, 0.5) is 0 Å². The highest BCUT2D eigenvalue weighted by Gasteiger charge is 2.40. The van der Waals surface area contributed by atoms with Gasteiger partial charge in [0.2, 0.25) is 0 Å². The second kappa shape index (κ2) is 5.48. The summed E-state index contributed by atoms with van der Waals surface area (Å²) in [6, 6.07) is 1.44. The van der Waals surface area contributed by atoms with E-state index in [1.54, 1.807) is 0 Å². The molecule has 2 heterocycles. The van der Waals surface area contributed by atoms with E-state index in [1.807, 2.05) is 0 Å². The van der Waals surface area contributed by atoms with E-state index < -0.39 is 0 Å². The van der Waals surface area contributed by atoms with Crippen LogP contribution in [0, 0.1) is 0 Å². The molecule has 0 aromatic carbocycles. The Bertz CT molecular complexity index is 270. The lowest BCUT2D eigenvalue weighted by molar-refractivity contribution is -0.126. The predicted molar refractivity (Wildman–Crippen MR) is 73.8 cm³/mol. The molecule has 0 aromatic heterocycles. The molecule has 3 heteroatoms. The lowest BCUT2D eigenvalue weighted by Crippen LogP contribution is -2.56. The molecule has 0 amide bonds. The summed E-state index contributed by atoms with van der Waals surface area (Å²) in [7, 11) is 0. The third-order valence-corrected chi connectivity index (χ3v) is 5.15. The molecular formula is C15H28N2O. The molecule has 1 N–H and O–H groups in total. The summed E-state index contributed by atoms with van der Waals surface area (Å²) in [5.74, 6) is 0. The van der Waals surface area contributed by atoms with Crippen LogP contribution in [0.1, 0.15) is 51.9 Å². The Morgan fingerprint density at radius 1 is 1.22 bits per heavy atom. The molecule has 104 valence electrons. The summed E-state index contributed by atoms with van der Waals surface area (Å²) in [4.78, 5) is 2.72. The van der Waals surface area contributed by atoms with Crippen molar-refractivity contribution >= 4 is 0 Å². The summed E-state index contributed by atoms with van der Waals surface area (Å²) in [6.45, 7) is 6.90. The summed E-state index contributed by atoms with van der Waals surface area (Å²) in [5, 5.41) is 3.55. The zero-order valence-electron chi connectivity index (χ0n) is 11.8. The Kier molecular flexibility index (Phi) is 3.92. The molecule has 1 unspecified atom stereocenters. The maximum atomic E-state index is 6.21. The van der Waals surface area contributed by atoms with Crippen LogP contribution in [0.15, 0.2) is 0 Å². The molecule has 3 fully saturated rings. The fraction of sp³-hybridized carbons (Fsp3) is 1.00. The zero-order valence-corrected chi connectivity index (χ0v) is 11.8. The van der Waals surface area contributed by atoms with Gasteiger partial charge in [0.05, 0.1) is 5.60 Å². The number of hydrogen-bond donors (Lipinski definition) is 1. The van der Waals surface area contributed by atoms with Gasteiger partial charge in [0.1, 0.15) is 0 Å². The molecule has 3 rings (SSSR count). The minimum atomic E-state index is 0.259. The van der Waals surface area contributed by atoms with Crippen molar-refractivity contribution in [2.45, 2.75) is 69.6 Å². The zero-order chi connectivity index (χ0) is 12.4. The van der Waals surface area contributed by atoms with Crippen LogP contribution in [0.2, 0.25) is 0 Å². The Balaban J connectivity index is 1.62. The van der Waals surface area contributed by atoms with Gasteiger partial charge in [0, 0.05) is 38.3 Å². The molecule has 2 aliphatic heterocycles. The van der Waals surface area contributed by atoms with Gasteiger partial charge in [-0.25, -0.2) is 0 Å². The molecule has 0 aromatic rings. The second-order valence-corrected chi connectivity index (χ2v) is 6.59. The predicted octanol–water partition coefficient (Wildman–Crippen LogP) is 2.16. The molecule has 1 saturated carbocycles. The first kappa shape index (κ1) is 12.9. The van der Waals surface area contributed by atoms with Crippen molar-refractivity contribution in [1.82, 2.24) is 10.2 Å². The van der Waals surface area contributed by atoms with Gasteiger partial charge in [-0.15, -0.1) is 0 Å². The van der Waals surface area contributed by atoms with Crippen LogP contribution in [0.3, 0.4) is 0 Å². The average molecular weight is 252 g/mol. The van der Waals surface area contributed by atoms with Crippen molar-refractivity contribution in [2.75, 3.05) is 26.2 Å². The van der Waals surface area contributed by atoms with E-state index in [2.05, 4.69) is 17.1 Å².